The maximum absolute atomic E-state index is 8.00. The van der Waals surface area contributed by atoms with Crippen molar-refractivity contribution in [1.29, 1.82) is 0 Å². The molecule has 4 nitrogen and oxygen atoms in total. The molecule has 0 saturated carbocycles. The third kappa shape index (κ3) is 15.1. The van der Waals surface area contributed by atoms with Crippen molar-refractivity contribution in [2.45, 2.75) is 80.3 Å². The minimum Gasteiger partial charge on any atom is -0.307 e. The van der Waals surface area contributed by atoms with Gasteiger partial charge >= 0.3 is 0 Å². The molecular weight excluding hydrogens is 490 g/mol. The molecule has 2 aromatic carbocycles. The number of hydrogen-bond donors (Lipinski definition) is 0. The van der Waals surface area contributed by atoms with Crippen LogP contribution in [0.4, 0.5) is 0 Å². The highest BCUT2D eigenvalue weighted by molar-refractivity contribution is 5.64. The average molecular weight is 544 g/mol. The van der Waals surface area contributed by atoms with Crippen LogP contribution in [0.2, 0.25) is 0 Å². The van der Waals surface area contributed by atoms with Gasteiger partial charge in [-0.3, -0.25) is 14.9 Å². The van der Waals surface area contributed by atoms with Gasteiger partial charge in [0.25, 0.3) is 0 Å². The molecule has 0 bridgehead atoms. The van der Waals surface area contributed by atoms with Gasteiger partial charge in [-0.25, -0.2) is 0 Å². The van der Waals surface area contributed by atoms with Gasteiger partial charge < -0.3 is 4.79 Å². The first-order valence-electron chi connectivity index (χ1n) is 14.2. The fourth-order valence-electron chi connectivity index (χ4n) is 3.99. The summed E-state index contributed by atoms with van der Waals surface area (Å²) in [5.74, 6) is 0. The van der Waals surface area contributed by atoms with Crippen molar-refractivity contribution in [2.24, 2.45) is 4.99 Å². The number of rotatable bonds is 9. The van der Waals surface area contributed by atoms with Gasteiger partial charge in [0.15, 0.2) is 0 Å². The second-order valence-electron chi connectivity index (χ2n) is 8.56. The van der Waals surface area contributed by atoms with Crippen molar-refractivity contribution in [3.05, 3.63) is 115 Å². The Morgan fingerprint density at radius 1 is 0.950 bits per heavy atom. The highest BCUT2D eigenvalue weighted by atomic mass is 16.1. The van der Waals surface area contributed by atoms with Crippen LogP contribution in [0.25, 0.3) is 11.1 Å². The van der Waals surface area contributed by atoms with Crippen molar-refractivity contribution in [3.8, 4) is 11.1 Å². The molecule has 0 radical (unpaired) electrons. The fourth-order valence-corrected chi connectivity index (χ4v) is 3.99. The van der Waals surface area contributed by atoms with Crippen molar-refractivity contribution in [1.82, 2.24) is 9.88 Å². The van der Waals surface area contributed by atoms with Crippen LogP contribution in [0.1, 0.15) is 71.1 Å². The number of carbonyl (C=O) groups excluding carboxylic acids is 1. The lowest BCUT2D eigenvalue weighted by atomic mass is 9.98. The molecule has 218 valence electrons. The number of pyridine rings is 1. The first-order chi connectivity index (χ1) is 19.5. The van der Waals surface area contributed by atoms with Gasteiger partial charge in [0.05, 0.1) is 0 Å². The van der Waals surface area contributed by atoms with Crippen LogP contribution < -0.4 is 0 Å². The second kappa shape index (κ2) is 25.6. The van der Waals surface area contributed by atoms with Gasteiger partial charge in [0, 0.05) is 36.9 Å². The lowest BCUT2D eigenvalue weighted by molar-refractivity contribution is -0.0980. The third-order valence-corrected chi connectivity index (χ3v) is 6.18. The Morgan fingerprint density at radius 2 is 1.55 bits per heavy atom. The predicted molar refractivity (Wildman–Crippen MR) is 178 cm³/mol. The van der Waals surface area contributed by atoms with Crippen molar-refractivity contribution >= 4 is 13.0 Å². The maximum Gasteiger partial charge on any atom is 0.106 e. The zero-order valence-corrected chi connectivity index (χ0v) is 26.4. The quantitative estimate of drug-likeness (QED) is 0.199. The van der Waals surface area contributed by atoms with E-state index in [0.717, 1.165) is 31.5 Å². The molecule has 3 rings (SSSR count). The first-order valence-corrected chi connectivity index (χ1v) is 14.2. The number of nitrogens with zero attached hydrogens (tertiary/aromatic N) is 3. The molecule has 1 heterocycles. The summed E-state index contributed by atoms with van der Waals surface area (Å²) in [5.41, 5.74) is 7.85. The molecule has 1 aromatic heterocycles. The van der Waals surface area contributed by atoms with Crippen molar-refractivity contribution in [2.75, 3.05) is 7.05 Å². The molecular formula is C36H53N3O. The standard InChI is InChI=1S/C24H28N2.C7H13N.C2H6.C2H4.CH2O/c1-4-24(16-20-12-14-25-15-13-20)26(3)18-23-17-22(11-10-19(23)2)21-8-6-5-7-9-21;1-4-7(5-2)8-6-3;3*1-2/h5-15,17,24H,4,16,18H2,1-3H3;4,6H,5H2,1-3H3;1-2H3;1-2H2;1H2/b;7-4-,8-6?;;;/t24-;;;;/m0..../s1. The number of aromatic nitrogens is 1. The Morgan fingerprint density at radius 3 is 2.02 bits per heavy atom. The van der Waals surface area contributed by atoms with E-state index in [-0.39, 0.29) is 0 Å². The number of hydrogen-bond acceptors (Lipinski definition) is 4. The minimum absolute atomic E-state index is 0.525. The Kier molecular flexibility index (Phi) is 24.7. The zero-order chi connectivity index (χ0) is 30.8. The third-order valence-electron chi connectivity index (χ3n) is 6.18. The summed E-state index contributed by atoms with van der Waals surface area (Å²) in [6.07, 6.45) is 10.8. The average Bonchev–Trinajstić information content (AvgIpc) is 3.03. The highest BCUT2D eigenvalue weighted by Crippen LogP contribution is 2.24. The molecule has 0 fully saturated rings. The molecule has 0 aliphatic carbocycles. The van der Waals surface area contributed by atoms with Gasteiger partial charge in [0.1, 0.15) is 6.79 Å². The normalized spacial score (nSPS) is 11.0. The summed E-state index contributed by atoms with van der Waals surface area (Å²) in [5, 5.41) is 0. The number of aryl methyl sites for hydroxylation is 1. The molecule has 0 aliphatic heterocycles. The highest BCUT2D eigenvalue weighted by Gasteiger charge is 2.15. The minimum atomic E-state index is 0.525. The van der Waals surface area contributed by atoms with E-state index < -0.39 is 0 Å². The predicted octanol–water partition coefficient (Wildman–Crippen LogP) is 9.54. The maximum atomic E-state index is 8.00. The van der Waals surface area contributed by atoms with Crippen LogP contribution in [-0.2, 0) is 17.8 Å². The van der Waals surface area contributed by atoms with E-state index in [1.54, 1.807) is 0 Å². The molecule has 1 atom stereocenters. The van der Waals surface area contributed by atoms with Crippen LogP contribution in [0.3, 0.4) is 0 Å². The molecule has 3 aromatic rings. The van der Waals surface area contributed by atoms with Crippen LogP contribution in [-0.4, -0.2) is 36.0 Å². The molecule has 0 saturated heterocycles. The Bertz CT molecular complexity index is 1060. The van der Waals surface area contributed by atoms with Crippen LogP contribution in [0, 0.1) is 6.92 Å². The monoisotopic (exact) mass is 543 g/mol. The topological polar surface area (TPSA) is 45.6 Å². The molecule has 0 aliphatic rings. The van der Waals surface area contributed by atoms with E-state index in [0.29, 0.717) is 6.04 Å². The largest absolute Gasteiger partial charge is 0.307 e. The lowest BCUT2D eigenvalue weighted by Gasteiger charge is -2.28. The molecule has 4 heteroatoms. The zero-order valence-electron chi connectivity index (χ0n) is 26.4. The van der Waals surface area contributed by atoms with Crippen LogP contribution in [0.15, 0.2) is 103 Å². The summed E-state index contributed by atoms with van der Waals surface area (Å²) >= 11 is 0. The molecule has 0 N–H and O–H groups in total. The van der Waals surface area contributed by atoms with Gasteiger partial charge in [-0.1, -0.05) is 76.2 Å². The summed E-state index contributed by atoms with van der Waals surface area (Å²) < 4.78 is 0. The smallest absolute Gasteiger partial charge is 0.106 e. The van der Waals surface area contributed by atoms with Crippen LogP contribution in [0.5, 0.6) is 0 Å². The van der Waals surface area contributed by atoms with E-state index in [1.807, 2.05) is 59.2 Å². The van der Waals surface area contributed by atoms with Crippen molar-refractivity contribution in [3.63, 3.8) is 0 Å². The SMILES string of the molecule is C=C.C=O.CC.CC=N/C(=C\C)CC.CC[C@@H](Cc1ccncc1)N(C)Cc1cc(-c2ccccc2)ccc1C. The summed E-state index contributed by atoms with van der Waals surface area (Å²) in [6, 6.07) is 22.2. The number of likely N-dealkylation sites (N-methyl/N-ethyl adjacent to an activating group) is 1. The first kappa shape index (κ1) is 38.5. The Labute approximate surface area is 245 Å². The van der Waals surface area contributed by atoms with Crippen LogP contribution >= 0.6 is 0 Å². The summed E-state index contributed by atoms with van der Waals surface area (Å²) in [6.45, 7) is 23.5. The van der Waals surface area contributed by atoms with Gasteiger partial charge in [-0.2, -0.15) is 0 Å². The summed E-state index contributed by atoms with van der Waals surface area (Å²) in [7, 11) is 2.24. The number of aliphatic imine (C=N–C) groups is 1. The van der Waals surface area contributed by atoms with E-state index in [2.05, 4.69) is 117 Å². The van der Waals surface area contributed by atoms with Gasteiger partial charge in [0.2, 0.25) is 0 Å². The second-order valence-corrected chi connectivity index (χ2v) is 8.56. The summed E-state index contributed by atoms with van der Waals surface area (Å²) in [4.78, 5) is 18.7. The van der Waals surface area contributed by atoms with E-state index in [4.69, 9.17) is 4.79 Å². The van der Waals surface area contributed by atoms with Gasteiger partial charge in [-0.15, -0.1) is 13.2 Å². The van der Waals surface area contributed by atoms with E-state index >= 15 is 0 Å². The Hall–Kier alpha value is -3.63. The molecule has 40 heavy (non-hydrogen) atoms. The van der Waals surface area contributed by atoms with Crippen molar-refractivity contribution < 1.29 is 4.79 Å². The number of carbonyl (C=O) groups is 1. The number of benzene rings is 2. The Balaban J connectivity index is 0. The number of allylic oxidation sites excluding steroid dienone is 2. The molecule has 0 spiro atoms. The van der Waals surface area contributed by atoms with Gasteiger partial charge in [-0.05, 0) is 93.1 Å². The molecule has 0 amide bonds. The fraction of sp³-hybridized carbons (Fsp3) is 0.361. The van der Waals surface area contributed by atoms with E-state index in [1.165, 1.54) is 27.8 Å². The van der Waals surface area contributed by atoms with E-state index in [9.17, 15) is 0 Å². The lowest BCUT2D eigenvalue weighted by Crippen LogP contribution is -2.32. The molecule has 0 unspecified atom stereocenters.